The molecule has 2 nitrogen and oxygen atoms in total. The van der Waals surface area contributed by atoms with Gasteiger partial charge < -0.3 is 5.11 Å². The van der Waals surface area contributed by atoms with Crippen molar-refractivity contribution in [2.24, 2.45) is 11.8 Å². The van der Waals surface area contributed by atoms with Crippen molar-refractivity contribution in [3.63, 3.8) is 0 Å². The molecule has 0 spiro atoms. The van der Waals surface area contributed by atoms with Crippen LogP contribution in [0.25, 0.3) is 0 Å². The Hall–Kier alpha value is -1.57. The predicted octanol–water partition coefficient (Wildman–Crippen LogP) is 5.68. The molecule has 0 fully saturated rings. The fourth-order valence-electron chi connectivity index (χ4n) is 2.64. The van der Waals surface area contributed by atoms with Gasteiger partial charge in [0.25, 0.3) is 0 Å². The Labute approximate surface area is 135 Å². The Kier molecular flexibility index (Phi) is 7.94. The van der Waals surface area contributed by atoms with Crippen LogP contribution in [-0.4, -0.2) is 11.1 Å². The zero-order valence-corrected chi connectivity index (χ0v) is 14.4. The van der Waals surface area contributed by atoms with Crippen LogP contribution in [-0.2, 0) is 4.79 Å². The monoisotopic (exact) mass is 302 g/mol. The molecule has 0 aromatic carbocycles. The van der Waals surface area contributed by atoms with Gasteiger partial charge in [-0.3, -0.25) is 0 Å². The topological polar surface area (TPSA) is 37.3 Å². The third-order valence-electron chi connectivity index (χ3n) is 4.32. The molecule has 1 aliphatic carbocycles. The van der Waals surface area contributed by atoms with Crippen molar-refractivity contribution in [1.82, 2.24) is 0 Å². The number of hydrogen-bond acceptors (Lipinski definition) is 1. The molecule has 1 unspecified atom stereocenters. The first-order chi connectivity index (χ1) is 10.4. The molecule has 0 radical (unpaired) electrons. The van der Waals surface area contributed by atoms with E-state index in [4.69, 9.17) is 0 Å². The van der Waals surface area contributed by atoms with Gasteiger partial charge in [-0.05, 0) is 57.8 Å². The molecule has 1 rings (SSSR count). The highest BCUT2D eigenvalue weighted by Gasteiger charge is 2.14. The minimum atomic E-state index is -0.767. The van der Waals surface area contributed by atoms with Crippen LogP contribution in [0.15, 0.2) is 47.1 Å². The maximum Gasteiger partial charge on any atom is 0.331 e. The third-order valence-corrected chi connectivity index (χ3v) is 4.32. The minimum Gasteiger partial charge on any atom is -0.478 e. The lowest BCUT2D eigenvalue weighted by Gasteiger charge is -2.17. The van der Waals surface area contributed by atoms with E-state index in [9.17, 15) is 9.90 Å². The number of rotatable bonds is 2. The highest BCUT2D eigenvalue weighted by molar-refractivity contribution is 5.86. The second kappa shape index (κ2) is 9.45. The molecular formula is C20H30O2. The molecule has 2 heteroatoms. The maximum absolute atomic E-state index is 11.4. The largest absolute Gasteiger partial charge is 0.478 e. The van der Waals surface area contributed by atoms with Crippen LogP contribution in [0, 0.1) is 11.8 Å². The Morgan fingerprint density at radius 3 is 2.55 bits per heavy atom. The summed E-state index contributed by atoms with van der Waals surface area (Å²) in [6, 6.07) is 0. The maximum atomic E-state index is 11.4. The molecule has 0 heterocycles. The lowest BCUT2D eigenvalue weighted by molar-refractivity contribution is -0.132. The first-order valence-electron chi connectivity index (χ1n) is 8.33. The third kappa shape index (κ3) is 6.93. The van der Waals surface area contributed by atoms with Crippen LogP contribution < -0.4 is 0 Å². The SMILES string of the molecule is CC1=CCC=C(C)CCC=C(C(=O)O)CCC(C(C)C)C=C1. The molecule has 0 aliphatic heterocycles. The van der Waals surface area contributed by atoms with Crippen LogP contribution >= 0.6 is 0 Å². The van der Waals surface area contributed by atoms with E-state index in [-0.39, 0.29) is 0 Å². The Morgan fingerprint density at radius 1 is 1.18 bits per heavy atom. The number of carboxylic acid groups (broad SMARTS) is 1. The van der Waals surface area contributed by atoms with E-state index in [0.29, 0.717) is 23.8 Å². The zero-order valence-electron chi connectivity index (χ0n) is 14.4. The van der Waals surface area contributed by atoms with Gasteiger partial charge in [0.1, 0.15) is 0 Å². The van der Waals surface area contributed by atoms with Gasteiger partial charge in [-0.25, -0.2) is 4.79 Å². The Balaban J connectivity index is 2.98. The summed E-state index contributed by atoms with van der Waals surface area (Å²) >= 11 is 0. The number of hydrogen-bond donors (Lipinski definition) is 1. The van der Waals surface area contributed by atoms with Gasteiger partial charge in [0, 0.05) is 5.57 Å². The quantitative estimate of drug-likeness (QED) is 0.666. The van der Waals surface area contributed by atoms with E-state index < -0.39 is 5.97 Å². The molecule has 0 saturated carbocycles. The smallest absolute Gasteiger partial charge is 0.331 e. The lowest BCUT2D eigenvalue weighted by Crippen LogP contribution is -2.09. The summed E-state index contributed by atoms with van der Waals surface area (Å²) in [5, 5.41) is 9.37. The number of carbonyl (C=O) groups is 1. The van der Waals surface area contributed by atoms with Gasteiger partial charge in [0.2, 0.25) is 0 Å². The molecule has 22 heavy (non-hydrogen) atoms. The van der Waals surface area contributed by atoms with Crippen molar-refractivity contribution in [3.8, 4) is 0 Å². The molecule has 0 saturated heterocycles. The zero-order chi connectivity index (χ0) is 16.5. The van der Waals surface area contributed by atoms with E-state index in [1.807, 2.05) is 6.08 Å². The van der Waals surface area contributed by atoms with Gasteiger partial charge in [0.05, 0.1) is 0 Å². The van der Waals surface area contributed by atoms with Crippen LogP contribution in [0.4, 0.5) is 0 Å². The van der Waals surface area contributed by atoms with Crippen molar-refractivity contribution in [1.29, 1.82) is 0 Å². The normalized spacial score (nSPS) is 21.7. The van der Waals surface area contributed by atoms with Crippen molar-refractivity contribution < 1.29 is 9.90 Å². The van der Waals surface area contributed by atoms with Gasteiger partial charge in [-0.15, -0.1) is 0 Å². The molecule has 1 aliphatic rings. The molecule has 122 valence electrons. The minimum absolute atomic E-state index is 0.423. The molecule has 1 N–H and O–H groups in total. The fraction of sp³-hybridized carbons (Fsp3) is 0.550. The van der Waals surface area contributed by atoms with Gasteiger partial charge in [-0.2, -0.15) is 0 Å². The van der Waals surface area contributed by atoms with Gasteiger partial charge >= 0.3 is 5.97 Å². The predicted molar refractivity (Wildman–Crippen MR) is 93.8 cm³/mol. The van der Waals surface area contributed by atoms with E-state index in [2.05, 4.69) is 52.0 Å². The summed E-state index contributed by atoms with van der Waals surface area (Å²) in [6.07, 6.45) is 15.1. The molecule has 0 bridgehead atoms. The van der Waals surface area contributed by atoms with Crippen molar-refractivity contribution in [2.45, 2.75) is 59.8 Å². The molecule has 0 aromatic rings. The first kappa shape index (κ1) is 18.5. The molecule has 1 atom stereocenters. The standard InChI is InChI=1S/C20H30O2/c1-15(2)18-12-11-17(4)8-5-7-16(3)9-6-10-19(14-13-18)20(21)22/h7-8,10-12,15,18H,5-6,9,13-14H2,1-4H3,(H,21,22). The van der Waals surface area contributed by atoms with Crippen LogP contribution in [0.1, 0.15) is 59.8 Å². The second-order valence-electron chi connectivity index (χ2n) is 6.61. The Morgan fingerprint density at radius 2 is 1.91 bits per heavy atom. The first-order valence-corrected chi connectivity index (χ1v) is 8.33. The number of aliphatic carboxylic acids is 1. The van der Waals surface area contributed by atoms with Crippen molar-refractivity contribution in [3.05, 3.63) is 47.1 Å². The Bertz CT molecular complexity index is 490. The van der Waals surface area contributed by atoms with Gasteiger partial charge in [-0.1, -0.05) is 55.4 Å². The lowest BCUT2D eigenvalue weighted by atomic mass is 9.88. The average molecular weight is 302 g/mol. The van der Waals surface area contributed by atoms with Gasteiger partial charge in [0.15, 0.2) is 0 Å². The van der Waals surface area contributed by atoms with Crippen molar-refractivity contribution in [2.75, 3.05) is 0 Å². The summed E-state index contributed by atoms with van der Waals surface area (Å²) in [4.78, 5) is 11.4. The summed E-state index contributed by atoms with van der Waals surface area (Å²) in [5.74, 6) is 0.178. The fourth-order valence-corrected chi connectivity index (χ4v) is 2.64. The van der Waals surface area contributed by atoms with E-state index in [1.54, 1.807) is 0 Å². The molecular weight excluding hydrogens is 272 g/mol. The van der Waals surface area contributed by atoms with Crippen LogP contribution in [0.3, 0.4) is 0 Å². The van der Waals surface area contributed by atoms with E-state index in [0.717, 1.165) is 25.7 Å². The summed E-state index contributed by atoms with van der Waals surface area (Å²) < 4.78 is 0. The number of carboxylic acids is 1. The average Bonchev–Trinajstić information content (AvgIpc) is 2.43. The van der Waals surface area contributed by atoms with Crippen molar-refractivity contribution >= 4 is 5.97 Å². The van der Waals surface area contributed by atoms with E-state index >= 15 is 0 Å². The van der Waals surface area contributed by atoms with Crippen LogP contribution in [0.5, 0.6) is 0 Å². The van der Waals surface area contributed by atoms with Crippen LogP contribution in [0.2, 0.25) is 0 Å². The summed E-state index contributed by atoms with van der Waals surface area (Å²) in [7, 11) is 0. The molecule has 0 aromatic heterocycles. The number of allylic oxidation sites excluding steroid dienone is 7. The van der Waals surface area contributed by atoms with E-state index in [1.165, 1.54) is 11.1 Å². The molecule has 0 amide bonds. The second-order valence-corrected chi connectivity index (χ2v) is 6.61. The summed E-state index contributed by atoms with van der Waals surface area (Å²) in [6.45, 7) is 8.65. The summed E-state index contributed by atoms with van der Waals surface area (Å²) in [5.41, 5.74) is 3.17. The highest BCUT2D eigenvalue weighted by Crippen LogP contribution is 2.23. The highest BCUT2D eigenvalue weighted by atomic mass is 16.4.